The molecule has 0 aromatic heterocycles. The van der Waals surface area contributed by atoms with Crippen LogP contribution in [0.5, 0.6) is 5.75 Å². The fraction of sp³-hybridized carbons (Fsp3) is 0.409. The Bertz CT molecular complexity index is 757. The predicted molar refractivity (Wildman–Crippen MR) is 106 cm³/mol. The molecular weight excluding hydrogens is 340 g/mol. The molecule has 1 heterocycles. The summed E-state index contributed by atoms with van der Waals surface area (Å²) in [5.74, 6) is 0.787. The van der Waals surface area contributed by atoms with Crippen LogP contribution in [0, 0.1) is 0 Å². The first-order chi connectivity index (χ1) is 13.2. The predicted octanol–water partition coefficient (Wildman–Crippen LogP) is 3.41. The summed E-state index contributed by atoms with van der Waals surface area (Å²) in [5.41, 5.74) is 2.83. The molecule has 2 aromatic rings. The highest BCUT2D eigenvalue weighted by molar-refractivity contribution is 5.94. The van der Waals surface area contributed by atoms with Gasteiger partial charge in [0, 0.05) is 19.2 Å². The number of likely N-dealkylation sites (tertiary alicyclic amines) is 1. The lowest BCUT2D eigenvalue weighted by atomic mass is 10.0. The Kier molecular flexibility index (Phi) is 6.85. The highest BCUT2D eigenvalue weighted by atomic mass is 16.5. The largest absolute Gasteiger partial charge is 0.497 e. The van der Waals surface area contributed by atoms with Gasteiger partial charge in [-0.15, -0.1) is 0 Å². The molecule has 1 unspecified atom stereocenters. The molecule has 27 heavy (non-hydrogen) atoms. The van der Waals surface area contributed by atoms with Crippen LogP contribution >= 0.6 is 0 Å². The van der Waals surface area contributed by atoms with Crippen LogP contribution in [0.1, 0.15) is 40.4 Å². The third-order valence-corrected chi connectivity index (χ3v) is 5.02. The fourth-order valence-corrected chi connectivity index (χ4v) is 3.62. The first kappa shape index (κ1) is 19.4. The summed E-state index contributed by atoms with van der Waals surface area (Å²) >= 11 is 0. The Hall–Kier alpha value is -2.37. The summed E-state index contributed by atoms with van der Waals surface area (Å²) in [4.78, 5) is 15.1. The molecule has 1 amide bonds. The maximum Gasteiger partial charge on any atom is 0.251 e. The molecular formula is C22H28N2O3. The molecule has 1 fully saturated rings. The minimum atomic E-state index is -0.0555. The molecule has 3 rings (SSSR count). The summed E-state index contributed by atoms with van der Waals surface area (Å²) in [6.07, 6.45) is 2.40. The number of carbonyl (C=O) groups is 1. The Labute approximate surface area is 161 Å². The Morgan fingerprint density at radius 1 is 1.11 bits per heavy atom. The average Bonchev–Trinajstić information content (AvgIpc) is 3.23. The van der Waals surface area contributed by atoms with Crippen LogP contribution in [0.3, 0.4) is 0 Å². The lowest BCUT2D eigenvalue weighted by Crippen LogP contribution is -2.36. The third kappa shape index (κ3) is 5.08. The molecule has 144 valence electrons. The zero-order valence-corrected chi connectivity index (χ0v) is 16.1. The topological polar surface area (TPSA) is 50.8 Å². The van der Waals surface area contributed by atoms with Crippen molar-refractivity contribution in [2.75, 3.05) is 33.9 Å². The minimum absolute atomic E-state index is 0.0555. The van der Waals surface area contributed by atoms with Crippen LogP contribution in [0.25, 0.3) is 0 Å². The number of hydrogen-bond donors (Lipinski definition) is 1. The van der Waals surface area contributed by atoms with E-state index in [1.165, 1.54) is 18.4 Å². The number of hydrogen-bond acceptors (Lipinski definition) is 4. The lowest BCUT2D eigenvalue weighted by molar-refractivity contribution is 0.0937. The fourth-order valence-electron chi connectivity index (χ4n) is 3.62. The van der Waals surface area contributed by atoms with Crippen LogP contribution in [0.4, 0.5) is 0 Å². The number of rotatable bonds is 8. The molecule has 5 heteroatoms. The van der Waals surface area contributed by atoms with E-state index < -0.39 is 0 Å². The van der Waals surface area contributed by atoms with E-state index in [0.717, 1.165) is 24.4 Å². The summed E-state index contributed by atoms with van der Waals surface area (Å²) in [7, 11) is 3.33. The number of nitrogens with zero attached hydrogens (tertiary/aromatic N) is 1. The summed E-state index contributed by atoms with van der Waals surface area (Å²) in [6.45, 7) is 3.18. The van der Waals surface area contributed by atoms with Crippen LogP contribution in [0.15, 0.2) is 48.5 Å². The summed E-state index contributed by atoms with van der Waals surface area (Å²) in [6, 6.07) is 15.9. The maximum absolute atomic E-state index is 12.7. The molecule has 0 aliphatic carbocycles. The Balaban J connectivity index is 1.72. The van der Waals surface area contributed by atoms with Gasteiger partial charge >= 0.3 is 0 Å². The van der Waals surface area contributed by atoms with Crippen molar-refractivity contribution >= 4 is 5.91 Å². The van der Waals surface area contributed by atoms with Gasteiger partial charge in [-0.2, -0.15) is 0 Å². The van der Waals surface area contributed by atoms with Crippen molar-refractivity contribution < 1.29 is 14.3 Å². The standard InChI is InChI=1S/C22H28N2O3/c1-26-16-17-7-5-9-19(13-17)22(25)23-15-21(24-11-3-4-12-24)18-8-6-10-20(14-18)27-2/h5-10,13-14,21H,3-4,11-12,15-16H2,1-2H3,(H,23,25). The van der Waals surface area contributed by atoms with Gasteiger partial charge in [-0.05, 0) is 61.3 Å². The number of nitrogens with one attached hydrogen (secondary N) is 1. The van der Waals surface area contributed by atoms with Gasteiger partial charge < -0.3 is 14.8 Å². The quantitative estimate of drug-likeness (QED) is 0.776. The van der Waals surface area contributed by atoms with E-state index in [1.807, 2.05) is 36.4 Å². The van der Waals surface area contributed by atoms with E-state index >= 15 is 0 Å². The molecule has 0 saturated carbocycles. The zero-order chi connectivity index (χ0) is 19.1. The SMILES string of the molecule is COCc1cccc(C(=O)NCC(c2cccc(OC)c2)N2CCCC2)c1. The van der Waals surface area contributed by atoms with Crippen molar-refractivity contribution in [1.29, 1.82) is 0 Å². The Morgan fingerprint density at radius 2 is 1.89 bits per heavy atom. The molecule has 0 bridgehead atoms. The highest BCUT2D eigenvalue weighted by Crippen LogP contribution is 2.27. The first-order valence-electron chi connectivity index (χ1n) is 9.45. The van der Waals surface area contributed by atoms with Crippen molar-refractivity contribution in [2.24, 2.45) is 0 Å². The lowest BCUT2D eigenvalue weighted by Gasteiger charge is -2.28. The van der Waals surface area contributed by atoms with Crippen molar-refractivity contribution in [3.05, 3.63) is 65.2 Å². The van der Waals surface area contributed by atoms with E-state index in [1.54, 1.807) is 14.2 Å². The highest BCUT2D eigenvalue weighted by Gasteiger charge is 2.24. The zero-order valence-electron chi connectivity index (χ0n) is 16.1. The van der Waals surface area contributed by atoms with E-state index in [9.17, 15) is 4.79 Å². The molecule has 1 atom stereocenters. The van der Waals surface area contributed by atoms with Crippen LogP contribution in [-0.4, -0.2) is 44.7 Å². The molecule has 2 aromatic carbocycles. The van der Waals surface area contributed by atoms with Crippen LogP contribution in [0.2, 0.25) is 0 Å². The van der Waals surface area contributed by atoms with E-state index in [4.69, 9.17) is 9.47 Å². The normalized spacial score (nSPS) is 15.5. The first-order valence-corrected chi connectivity index (χ1v) is 9.45. The van der Waals surface area contributed by atoms with E-state index in [0.29, 0.717) is 18.7 Å². The molecule has 1 N–H and O–H groups in total. The van der Waals surface area contributed by atoms with Gasteiger partial charge in [-0.3, -0.25) is 9.69 Å². The monoisotopic (exact) mass is 368 g/mol. The second-order valence-electron chi connectivity index (χ2n) is 6.88. The van der Waals surface area contributed by atoms with Gasteiger partial charge in [0.2, 0.25) is 0 Å². The molecule has 1 aliphatic heterocycles. The maximum atomic E-state index is 12.7. The number of ether oxygens (including phenoxy) is 2. The number of benzene rings is 2. The third-order valence-electron chi connectivity index (χ3n) is 5.02. The smallest absolute Gasteiger partial charge is 0.251 e. The number of carbonyl (C=O) groups excluding carboxylic acids is 1. The van der Waals surface area contributed by atoms with Gasteiger partial charge in [0.05, 0.1) is 19.8 Å². The van der Waals surface area contributed by atoms with Crippen molar-refractivity contribution in [2.45, 2.75) is 25.5 Å². The van der Waals surface area contributed by atoms with Crippen molar-refractivity contribution in [1.82, 2.24) is 10.2 Å². The number of amides is 1. The molecule has 1 saturated heterocycles. The van der Waals surface area contributed by atoms with E-state index in [2.05, 4.69) is 22.3 Å². The molecule has 5 nitrogen and oxygen atoms in total. The van der Waals surface area contributed by atoms with Crippen LogP contribution in [-0.2, 0) is 11.3 Å². The molecule has 0 radical (unpaired) electrons. The van der Waals surface area contributed by atoms with Gasteiger partial charge in [-0.25, -0.2) is 0 Å². The minimum Gasteiger partial charge on any atom is -0.497 e. The second-order valence-corrected chi connectivity index (χ2v) is 6.88. The van der Waals surface area contributed by atoms with Gasteiger partial charge in [-0.1, -0.05) is 24.3 Å². The molecule has 1 aliphatic rings. The second kappa shape index (κ2) is 9.53. The van der Waals surface area contributed by atoms with Gasteiger partial charge in [0.25, 0.3) is 5.91 Å². The Morgan fingerprint density at radius 3 is 2.63 bits per heavy atom. The summed E-state index contributed by atoms with van der Waals surface area (Å²) < 4.78 is 10.5. The average molecular weight is 368 g/mol. The van der Waals surface area contributed by atoms with Crippen molar-refractivity contribution in [3.8, 4) is 5.75 Å². The van der Waals surface area contributed by atoms with Gasteiger partial charge in [0.15, 0.2) is 0 Å². The number of methoxy groups -OCH3 is 2. The molecule has 0 spiro atoms. The summed E-state index contributed by atoms with van der Waals surface area (Å²) in [5, 5.41) is 3.12. The van der Waals surface area contributed by atoms with E-state index in [-0.39, 0.29) is 11.9 Å². The van der Waals surface area contributed by atoms with Gasteiger partial charge in [0.1, 0.15) is 5.75 Å². The van der Waals surface area contributed by atoms with Crippen LogP contribution < -0.4 is 10.1 Å². The van der Waals surface area contributed by atoms with Crippen molar-refractivity contribution in [3.63, 3.8) is 0 Å².